The normalized spacial score (nSPS) is 9.43. The molecule has 3 aromatic carbocycles. The van der Waals surface area contributed by atoms with E-state index in [-0.39, 0.29) is 25.3 Å². The standard InChI is InChI=1S/C20H19P.3CO.Cr/c1-17(18-11-5-2-6-12-18)21(19-13-7-3-8-14-19)20-15-9-4-10-16-20;3*1-2;/h2-17H,1H3;;;;/t17-;;;;/m1..../s1. The van der Waals surface area contributed by atoms with Crippen LogP contribution in [0.3, 0.4) is 0 Å². The van der Waals surface area contributed by atoms with E-state index in [0.29, 0.717) is 5.66 Å². The average molecular weight is 426 g/mol. The van der Waals surface area contributed by atoms with Gasteiger partial charge in [-0.15, -0.1) is 0 Å². The summed E-state index contributed by atoms with van der Waals surface area (Å²) in [7, 11) is -0.388. The Balaban J connectivity index is 0. The Morgan fingerprint density at radius 3 is 1.18 bits per heavy atom. The van der Waals surface area contributed by atoms with Crippen molar-refractivity contribution in [2.45, 2.75) is 12.6 Å². The molecule has 0 aliphatic rings. The summed E-state index contributed by atoms with van der Waals surface area (Å²) in [5, 5.41) is 2.88. The molecule has 0 aromatic heterocycles. The van der Waals surface area contributed by atoms with Crippen molar-refractivity contribution in [2.24, 2.45) is 0 Å². The summed E-state index contributed by atoms with van der Waals surface area (Å²) in [6.07, 6.45) is 0. The van der Waals surface area contributed by atoms with Gasteiger partial charge >= 0.3 is 33.9 Å². The molecule has 0 heterocycles. The van der Waals surface area contributed by atoms with E-state index < -0.39 is 0 Å². The summed E-state index contributed by atoms with van der Waals surface area (Å²) in [4.78, 5) is 0. The van der Waals surface area contributed by atoms with Crippen molar-refractivity contribution in [1.82, 2.24) is 0 Å². The van der Waals surface area contributed by atoms with Gasteiger partial charge < -0.3 is 0 Å². The van der Waals surface area contributed by atoms with Crippen molar-refractivity contribution in [1.29, 1.82) is 0 Å². The molecule has 0 amide bonds. The Morgan fingerprint density at radius 2 is 0.857 bits per heavy atom. The summed E-state index contributed by atoms with van der Waals surface area (Å²) in [5.74, 6) is 0. The quantitative estimate of drug-likeness (QED) is 0.328. The molecule has 0 fully saturated rings. The van der Waals surface area contributed by atoms with Crippen LogP contribution in [0.2, 0.25) is 0 Å². The Bertz CT molecular complexity index is 749. The maximum Gasteiger partial charge on any atom is 0 e. The summed E-state index contributed by atoms with van der Waals surface area (Å²) in [6.45, 7) is 15.8. The van der Waals surface area contributed by atoms with Crippen LogP contribution in [0.25, 0.3) is 0 Å². The van der Waals surface area contributed by atoms with Gasteiger partial charge in [0.05, 0.1) is 0 Å². The molecule has 0 saturated carbocycles. The van der Waals surface area contributed by atoms with Gasteiger partial charge in [-0.2, -0.15) is 0 Å². The first-order valence-electron chi connectivity index (χ1n) is 7.92. The van der Waals surface area contributed by atoms with Crippen molar-refractivity contribution >= 4 is 18.5 Å². The molecule has 0 radical (unpaired) electrons. The largest absolute Gasteiger partial charge is 0 e. The smallest absolute Gasteiger partial charge is 0 e. The molecule has 3 rings (SSSR count). The fraction of sp³-hybridized carbons (Fsp3) is 0.0870. The van der Waals surface area contributed by atoms with Crippen LogP contribution in [-0.2, 0) is 31.3 Å². The molecule has 0 saturated heterocycles. The average Bonchev–Trinajstić information content (AvgIpc) is 2.80. The van der Waals surface area contributed by atoms with E-state index in [1.165, 1.54) is 16.2 Å². The number of rotatable bonds is 4. The van der Waals surface area contributed by atoms with Gasteiger partial charge in [0.15, 0.2) is 0 Å². The van der Waals surface area contributed by atoms with Gasteiger partial charge in [0, 0.05) is 23.0 Å². The van der Waals surface area contributed by atoms with E-state index in [2.05, 4.69) is 118 Å². The van der Waals surface area contributed by atoms with Gasteiger partial charge in [-0.25, -0.2) is 0 Å². The fourth-order valence-electron chi connectivity index (χ4n) is 2.65. The Kier molecular flexibility index (Phi) is 18.3. The summed E-state index contributed by atoms with van der Waals surface area (Å²) < 4.78 is 22.5. The summed E-state index contributed by atoms with van der Waals surface area (Å²) in [5.41, 5.74) is 1.92. The van der Waals surface area contributed by atoms with Crippen LogP contribution in [0.15, 0.2) is 91.0 Å². The van der Waals surface area contributed by atoms with Crippen molar-refractivity contribution in [3.63, 3.8) is 0 Å². The molecule has 0 N–H and O–H groups in total. The third kappa shape index (κ3) is 8.69. The van der Waals surface area contributed by atoms with E-state index in [0.717, 1.165) is 0 Å². The molecular formula is C23H19CrO3P. The first-order valence-corrected chi connectivity index (χ1v) is 9.33. The molecule has 3 aromatic rings. The van der Waals surface area contributed by atoms with E-state index >= 15 is 0 Å². The molecule has 0 unspecified atom stereocenters. The van der Waals surface area contributed by atoms with Gasteiger partial charge in [-0.05, 0) is 24.1 Å². The number of hydrogen-bond acceptors (Lipinski definition) is 0. The second kappa shape index (κ2) is 18.2. The molecule has 28 heavy (non-hydrogen) atoms. The van der Waals surface area contributed by atoms with Crippen LogP contribution in [0.1, 0.15) is 18.1 Å². The van der Waals surface area contributed by atoms with Crippen LogP contribution in [0.5, 0.6) is 0 Å². The minimum Gasteiger partial charge on any atom is 0 e. The van der Waals surface area contributed by atoms with Crippen LogP contribution in [0.4, 0.5) is 0 Å². The van der Waals surface area contributed by atoms with Crippen LogP contribution < -0.4 is 10.6 Å². The maximum atomic E-state index is 7.50. The number of hydrogen-bond donors (Lipinski definition) is 0. The first-order chi connectivity index (χ1) is 13.4. The molecule has 3 nitrogen and oxygen atoms in total. The zero-order valence-corrected chi connectivity index (χ0v) is 17.5. The van der Waals surface area contributed by atoms with Crippen molar-refractivity contribution in [3.05, 3.63) is 117 Å². The minimum absolute atomic E-state index is 0. The van der Waals surface area contributed by atoms with Gasteiger partial charge in [0.2, 0.25) is 0 Å². The maximum absolute atomic E-state index is 7.50. The second-order valence-corrected chi connectivity index (χ2v) is 7.68. The van der Waals surface area contributed by atoms with E-state index in [9.17, 15) is 0 Å². The predicted molar refractivity (Wildman–Crippen MR) is 106 cm³/mol. The minimum atomic E-state index is -0.388. The SMILES string of the molecule is C[C@H](c1ccccc1)P(c1ccccc1)c1ccccc1.[C-]#[O+].[C-]#[O+].[C-]#[O+].[Cr]. The molecule has 140 valence electrons. The molecule has 0 spiro atoms. The topological polar surface area (TPSA) is 59.7 Å². The van der Waals surface area contributed by atoms with Crippen LogP contribution >= 0.6 is 7.92 Å². The van der Waals surface area contributed by atoms with Gasteiger partial charge in [0.25, 0.3) is 0 Å². The molecular weight excluding hydrogens is 407 g/mol. The zero-order valence-electron chi connectivity index (χ0n) is 15.3. The van der Waals surface area contributed by atoms with Crippen LogP contribution in [-0.4, -0.2) is 0 Å². The van der Waals surface area contributed by atoms with Crippen molar-refractivity contribution in [2.75, 3.05) is 0 Å². The fourth-order valence-corrected chi connectivity index (χ4v) is 5.30. The predicted octanol–water partition coefficient (Wildman–Crippen LogP) is 4.77. The molecule has 0 bridgehead atoms. The monoisotopic (exact) mass is 426 g/mol. The molecule has 0 aliphatic heterocycles. The number of benzene rings is 3. The molecule has 5 heteroatoms. The first kappa shape index (κ1) is 28.1. The van der Waals surface area contributed by atoms with E-state index in [4.69, 9.17) is 14.0 Å². The zero-order chi connectivity index (χ0) is 20.5. The second-order valence-electron chi connectivity index (χ2n) is 5.13. The van der Waals surface area contributed by atoms with Gasteiger partial charge in [-0.1, -0.05) is 97.9 Å². The molecule has 0 aliphatic carbocycles. The van der Waals surface area contributed by atoms with Crippen LogP contribution in [0, 0.1) is 20.0 Å². The van der Waals surface area contributed by atoms with Crippen molar-refractivity contribution in [3.8, 4) is 0 Å². The van der Waals surface area contributed by atoms with E-state index in [1.807, 2.05) is 0 Å². The molecule has 1 atom stereocenters. The summed E-state index contributed by atoms with van der Waals surface area (Å²) in [6, 6.07) is 32.6. The Hall–Kier alpha value is -2.16. The summed E-state index contributed by atoms with van der Waals surface area (Å²) >= 11 is 0. The van der Waals surface area contributed by atoms with Gasteiger partial charge in [-0.3, -0.25) is 0 Å². The van der Waals surface area contributed by atoms with Gasteiger partial charge in [0.1, 0.15) is 0 Å². The third-order valence-corrected chi connectivity index (χ3v) is 6.52. The Labute approximate surface area is 178 Å². The van der Waals surface area contributed by atoms with Crippen molar-refractivity contribution < 1.29 is 31.3 Å². The third-order valence-electron chi connectivity index (χ3n) is 3.74. The Morgan fingerprint density at radius 1 is 0.571 bits per heavy atom. The van der Waals surface area contributed by atoms with E-state index in [1.54, 1.807) is 0 Å².